The van der Waals surface area contributed by atoms with Crippen LogP contribution in [0.3, 0.4) is 0 Å². The fraction of sp³-hybridized carbons (Fsp3) is 0.955. The van der Waals surface area contributed by atoms with Gasteiger partial charge in [-0.1, -0.05) is 33.6 Å². The van der Waals surface area contributed by atoms with E-state index in [0.717, 1.165) is 36.5 Å². The molecule has 0 heterocycles. The van der Waals surface area contributed by atoms with Gasteiger partial charge in [0.2, 0.25) is 0 Å². The van der Waals surface area contributed by atoms with Crippen molar-refractivity contribution in [3.8, 4) is 0 Å². The summed E-state index contributed by atoms with van der Waals surface area (Å²) in [5.74, 6) is 5.15. The molecule has 1 heteroatoms. The molecule has 1 unspecified atom stereocenters. The van der Waals surface area contributed by atoms with Crippen LogP contribution >= 0.6 is 0 Å². The first kappa shape index (κ1) is 16.2. The molecule has 23 heavy (non-hydrogen) atoms. The average Bonchev–Trinajstić information content (AvgIpc) is 2.85. The minimum Gasteiger partial charge on any atom is -0.300 e. The maximum absolute atomic E-state index is 12.0. The summed E-state index contributed by atoms with van der Waals surface area (Å²) in [5.41, 5.74) is 1.13. The van der Waals surface area contributed by atoms with Gasteiger partial charge in [0, 0.05) is 12.8 Å². The molecule has 4 aliphatic rings. The predicted octanol–water partition coefficient (Wildman–Crippen LogP) is 6.01. The zero-order valence-corrected chi connectivity index (χ0v) is 15.6. The largest absolute Gasteiger partial charge is 0.300 e. The second-order valence-electron chi connectivity index (χ2n) is 10.0. The van der Waals surface area contributed by atoms with Gasteiger partial charge in [0.1, 0.15) is 5.78 Å². The average molecular weight is 317 g/mol. The summed E-state index contributed by atoms with van der Waals surface area (Å²) in [5, 5.41) is 0. The Morgan fingerprint density at radius 2 is 1.74 bits per heavy atom. The number of ketones is 1. The van der Waals surface area contributed by atoms with Crippen LogP contribution < -0.4 is 0 Å². The van der Waals surface area contributed by atoms with Crippen molar-refractivity contribution in [2.24, 2.45) is 40.4 Å². The third-order valence-electron chi connectivity index (χ3n) is 9.32. The van der Waals surface area contributed by atoms with E-state index in [1.54, 1.807) is 0 Å². The normalized spacial score (nSPS) is 52.7. The highest BCUT2D eigenvalue weighted by molar-refractivity contribution is 5.79. The lowest BCUT2D eigenvalue weighted by molar-refractivity contribution is -0.139. The summed E-state index contributed by atoms with van der Waals surface area (Å²) in [6.07, 6.45) is 14.5. The van der Waals surface area contributed by atoms with E-state index in [9.17, 15) is 4.79 Å². The summed E-state index contributed by atoms with van der Waals surface area (Å²) in [7, 11) is 0. The first-order valence-electron chi connectivity index (χ1n) is 10.5. The summed E-state index contributed by atoms with van der Waals surface area (Å²) in [6, 6.07) is 0. The van der Waals surface area contributed by atoms with E-state index in [4.69, 9.17) is 0 Å². The second kappa shape index (κ2) is 5.60. The molecule has 0 aromatic rings. The van der Waals surface area contributed by atoms with Crippen LogP contribution in [-0.2, 0) is 4.79 Å². The molecular formula is C22H36O. The van der Waals surface area contributed by atoms with Gasteiger partial charge < -0.3 is 0 Å². The van der Waals surface area contributed by atoms with Crippen molar-refractivity contribution in [3.05, 3.63) is 0 Å². The number of rotatable bonds is 2. The zero-order valence-electron chi connectivity index (χ0n) is 15.6. The fourth-order valence-corrected chi connectivity index (χ4v) is 7.98. The van der Waals surface area contributed by atoms with Crippen molar-refractivity contribution in [3.63, 3.8) is 0 Å². The van der Waals surface area contributed by atoms with Gasteiger partial charge in [0.15, 0.2) is 0 Å². The van der Waals surface area contributed by atoms with Gasteiger partial charge in [-0.2, -0.15) is 0 Å². The summed E-state index contributed by atoms with van der Waals surface area (Å²) >= 11 is 0. The molecule has 1 nitrogen and oxygen atoms in total. The van der Waals surface area contributed by atoms with Gasteiger partial charge in [0.05, 0.1) is 0 Å². The molecule has 0 spiro atoms. The number of hydrogen-bond acceptors (Lipinski definition) is 1. The van der Waals surface area contributed by atoms with Gasteiger partial charge in [-0.05, 0) is 85.4 Å². The van der Waals surface area contributed by atoms with E-state index in [1.165, 1.54) is 57.8 Å². The molecular weight excluding hydrogens is 280 g/mol. The van der Waals surface area contributed by atoms with Crippen LogP contribution in [0.4, 0.5) is 0 Å². The highest BCUT2D eigenvalue weighted by Gasteiger charge is 2.59. The van der Waals surface area contributed by atoms with Gasteiger partial charge in [-0.25, -0.2) is 0 Å². The molecule has 0 N–H and O–H groups in total. The van der Waals surface area contributed by atoms with Crippen LogP contribution in [0.1, 0.15) is 91.4 Å². The quantitative estimate of drug-likeness (QED) is 0.609. The summed E-state index contributed by atoms with van der Waals surface area (Å²) < 4.78 is 0. The lowest BCUT2D eigenvalue weighted by Gasteiger charge is -2.60. The Morgan fingerprint density at radius 3 is 2.52 bits per heavy atom. The molecule has 130 valence electrons. The highest BCUT2D eigenvalue weighted by atomic mass is 16.1. The molecule has 0 aromatic carbocycles. The monoisotopic (exact) mass is 316 g/mol. The zero-order chi connectivity index (χ0) is 16.2. The Morgan fingerprint density at radius 1 is 0.957 bits per heavy atom. The lowest BCUT2D eigenvalue weighted by atomic mass is 9.44. The fourth-order valence-electron chi connectivity index (χ4n) is 7.98. The molecule has 0 radical (unpaired) electrons. The molecule has 0 aliphatic heterocycles. The molecule has 0 bridgehead atoms. The Labute approximate surface area is 143 Å². The van der Waals surface area contributed by atoms with Crippen LogP contribution in [0, 0.1) is 40.4 Å². The van der Waals surface area contributed by atoms with Gasteiger partial charge in [0.25, 0.3) is 0 Å². The Hall–Kier alpha value is -0.330. The molecule has 4 rings (SSSR count). The van der Waals surface area contributed by atoms with Crippen molar-refractivity contribution in [1.29, 1.82) is 0 Å². The van der Waals surface area contributed by atoms with Crippen molar-refractivity contribution >= 4 is 5.78 Å². The van der Waals surface area contributed by atoms with E-state index in [1.807, 2.05) is 0 Å². The van der Waals surface area contributed by atoms with E-state index in [-0.39, 0.29) is 0 Å². The molecule has 0 saturated heterocycles. The molecule has 4 saturated carbocycles. The molecule has 7 atom stereocenters. The number of carbonyl (C=O) groups is 1. The van der Waals surface area contributed by atoms with Gasteiger partial charge in [-0.3, -0.25) is 4.79 Å². The molecule has 0 aromatic heterocycles. The smallest absolute Gasteiger partial charge is 0.133 e. The maximum atomic E-state index is 12.0. The first-order chi connectivity index (χ1) is 11.0. The Bertz CT molecular complexity index is 482. The van der Waals surface area contributed by atoms with Crippen molar-refractivity contribution in [2.45, 2.75) is 91.4 Å². The summed E-state index contributed by atoms with van der Waals surface area (Å²) in [4.78, 5) is 12.0. The number of carbonyl (C=O) groups excluding carboxylic acids is 1. The van der Waals surface area contributed by atoms with Crippen LogP contribution in [-0.4, -0.2) is 5.78 Å². The van der Waals surface area contributed by atoms with Crippen molar-refractivity contribution in [1.82, 2.24) is 0 Å². The minimum atomic E-state index is 0.487. The highest BCUT2D eigenvalue weighted by Crippen LogP contribution is 2.67. The third-order valence-corrected chi connectivity index (χ3v) is 9.32. The standard InChI is InChI=1S/C22H36O/c1-4-5-15-7-9-19-18-8-6-16-14-17(23)10-12-22(16,3)20(18)11-13-21(15,19)2/h15-16,18-20H,4-14H2,1-3H3/t15-,16?,18-,19-,20-,21+,22-/m0/s1. The predicted molar refractivity (Wildman–Crippen MR) is 95.1 cm³/mol. The van der Waals surface area contributed by atoms with Crippen LogP contribution in [0.15, 0.2) is 0 Å². The van der Waals surface area contributed by atoms with Crippen molar-refractivity contribution < 1.29 is 4.79 Å². The number of fused-ring (bicyclic) bond motifs is 5. The Balaban J connectivity index is 1.59. The summed E-state index contributed by atoms with van der Waals surface area (Å²) in [6.45, 7) is 7.59. The Kier molecular flexibility index (Phi) is 3.93. The van der Waals surface area contributed by atoms with Crippen LogP contribution in [0.2, 0.25) is 0 Å². The van der Waals surface area contributed by atoms with Crippen LogP contribution in [0.25, 0.3) is 0 Å². The van der Waals surface area contributed by atoms with E-state index >= 15 is 0 Å². The number of hydrogen-bond donors (Lipinski definition) is 0. The maximum Gasteiger partial charge on any atom is 0.133 e. The molecule has 0 amide bonds. The second-order valence-corrected chi connectivity index (χ2v) is 10.0. The van der Waals surface area contributed by atoms with E-state index in [0.29, 0.717) is 22.5 Å². The van der Waals surface area contributed by atoms with Crippen molar-refractivity contribution in [2.75, 3.05) is 0 Å². The first-order valence-corrected chi connectivity index (χ1v) is 10.5. The topological polar surface area (TPSA) is 17.1 Å². The van der Waals surface area contributed by atoms with E-state index < -0.39 is 0 Å². The third kappa shape index (κ3) is 2.28. The minimum absolute atomic E-state index is 0.487. The van der Waals surface area contributed by atoms with E-state index in [2.05, 4.69) is 20.8 Å². The SMILES string of the molecule is CCC[C@H]1CC[C@H]2[C@@H]3CCC4CC(=O)CC[C@]4(C)[C@H]3CC[C@]12C. The molecule has 4 aliphatic carbocycles. The number of Topliss-reactive ketones (excluding diaryl/α,β-unsaturated/α-hetero) is 1. The van der Waals surface area contributed by atoms with Gasteiger partial charge >= 0.3 is 0 Å². The van der Waals surface area contributed by atoms with Gasteiger partial charge in [-0.15, -0.1) is 0 Å². The molecule has 4 fully saturated rings. The lowest BCUT2D eigenvalue weighted by Crippen LogP contribution is -2.53. The van der Waals surface area contributed by atoms with Crippen LogP contribution in [0.5, 0.6) is 0 Å².